The van der Waals surface area contributed by atoms with Crippen molar-refractivity contribution in [3.63, 3.8) is 0 Å². The summed E-state index contributed by atoms with van der Waals surface area (Å²) in [5, 5.41) is 13.0. The van der Waals surface area contributed by atoms with Gasteiger partial charge in [-0.2, -0.15) is 13.2 Å². The fourth-order valence-electron chi connectivity index (χ4n) is 4.88. The lowest BCUT2D eigenvalue weighted by molar-refractivity contribution is -0.168. The zero-order chi connectivity index (χ0) is 25.2. The number of nitrogens with one attached hydrogen (secondary N) is 2. The van der Waals surface area contributed by atoms with Crippen molar-refractivity contribution in [2.75, 3.05) is 6.61 Å². The highest BCUT2D eigenvalue weighted by Gasteiger charge is 2.47. The third-order valence-electron chi connectivity index (χ3n) is 6.57. The molecule has 1 fully saturated rings. The first-order chi connectivity index (χ1) is 16.6. The molecule has 4 rings (SSSR count). The van der Waals surface area contributed by atoms with Crippen LogP contribution in [0.4, 0.5) is 18.0 Å². The zero-order valence-electron chi connectivity index (χ0n) is 18.7. The van der Waals surface area contributed by atoms with Crippen LogP contribution in [0.2, 0.25) is 0 Å². The first-order valence-corrected chi connectivity index (χ1v) is 11.4. The van der Waals surface area contributed by atoms with Gasteiger partial charge in [0.05, 0.1) is 5.92 Å². The maximum atomic E-state index is 13.6. The molecule has 0 radical (unpaired) electrons. The Hall–Kier alpha value is -3.56. The van der Waals surface area contributed by atoms with Crippen LogP contribution in [0.5, 0.6) is 0 Å². The van der Waals surface area contributed by atoms with E-state index < -0.39 is 42.1 Å². The fraction of sp³-hybridized carbons (Fsp3) is 0.400. The average Bonchev–Trinajstić information content (AvgIpc) is 3.14. The number of carbonyl (C=O) groups is 3. The van der Waals surface area contributed by atoms with Gasteiger partial charge < -0.3 is 20.5 Å². The Labute approximate surface area is 199 Å². The molecule has 186 valence electrons. The average molecular weight is 490 g/mol. The molecule has 0 bridgehead atoms. The first-order valence-electron chi connectivity index (χ1n) is 11.4. The molecule has 2 aromatic rings. The smallest absolute Gasteiger partial charge is 0.417 e. The lowest BCUT2D eigenvalue weighted by Crippen LogP contribution is -2.57. The van der Waals surface area contributed by atoms with Crippen LogP contribution in [0.1, 0.15) is 42.7 Å². The third-order valence-corrected chi connectivity index (χ3v) is 6.57. The lowest BCUT2D eigenvalue weighted by atomic mass is 9.85. The van der Waals surface area contributed by atoms with Gasteiger partial charge in [-0.05, 0) is 41.5 Å². The molecular formula is C25H25F3N2O5. The molecule has 0 heterocycles. The number of halogens is 3. The van der Waals surface area contributed by atoms with E-state index in [0.29, 0.717) is 19.3 Å². The van der Waals surface area contributed by atoms with Crippen LogP contribution in [-0.4, -0.2) is 47.9 Å². The Balaban J connectivity index is 1.40. The van der Waals surface area contributed by atoms with Crippen LogP contribution in [0.3, 0.4) is 0 Å². The maximum Gasteiger partial charge on any atom is 0.417 e. The fourth-order valence-corrected chi connectivity index (χ4v) is 4.88. The maximum absolute atomic E-state index is 13.6. The number of aliphatic carboxylic acids is 1. The summed E-state index contributed by atoms with van der Waals surface area (Å²) in [6.07, 6.45) is -5.14. The van der Waals surface area contributed by atoms with Gasteiger partial charge in [0.1, 0.15) is 6.61 Å². The minimum Gasteiger partial charge on any atom is -0.481 e. The van der Waals surface area contributed by atoms with Gasteiger partial charge in [-0.3, -0.25) is 9.59 Å². The predicted molar refractivity (Wildman–Crippen MR) is 120 cm³/mol. The molecule has 35 heavy (non-hydrogen) atoms. The summed E-state index contributed by atoms with van der Waals surface area (Å²) in [7, 11) is 0. The predicted octanol–water partition coefficient (Wildman–Crippen LogP) is 4.22. The van der Waals surface area contributed by atoms with Gasteiger partial charge in [-0.1, -0.05) is 55.0 Å². The van der Waals surface area contributed by atoms with Gasteiger partial charge in [0, 0.05) is 12.0 Å². The first kappa shape index (κ1) is 24.6. The number of alkyl carbamates (subject to hydrolysis) is 1. The second kappa shape index (κ2) is 9.97. The Bertz CT molecular complexity index is 1070. The van der Waals surface area contributed by atoms with E-state index in [1.807, 2.05) is 48.5 Å². The highest BCUT2D eigenvalue weighted by atomic mass is 19.4. The van der Waals surface area contributed by atoms with Crippen molar-refractivity contribution in [1.82, 2.24) is 10.6 Å². The van der Waals surface area contributed by atoms with E-state index in [-0.39, 0.29) is 18.9 Å². The molecule has 2 aliphatic carbocycles. The van der Waals surface area contributed by atoms with E-state index in [2.05, 4.69) is 5.32 Å². The number of alkyl halides is 3. The number of benzene rings is 2. The number of rotatable bonds is 6. The molecule has 2 amide bonds. The molecule has 1 unspecified atom stereocenters. The zero-order valence-corrected chi connectivity index (χ0v) is 18.7. The van der Waals surface area contributed by atoms with Gasteiger partial charge in [-0.15, -0.1) is 0 Å². The number of carbonyl (C=O) groups excluding carboxylic acids is 2. The molecule has 0 spiro atoms. The second-order valence-corrected chi connectivity index (χ2v) is 8.85. The van der Waals surface area contributed by atoms with Gasteiger partial charge in [0.15, 0.2) is 0 Å². The molecular weight excluding hydrogens is 465 g/mol. The van der Waals surface area contributed by atoms with E-state index in [0.717, 1.165) is 22.3 Å². The Morgan fingerprint density at radius 2 is 1.60 bits per heavy atom. The summed E-state index contributed by atoms with van der Waals surface area (Å²) in [4.78, 5) is 35.9. The second-order valence-electron chi connectivity index (χ2n) is 8.85. The molecule has 1 saturated carbocycles. The molecule has 3 atom stereocenters. The van der Waals surface area contributed by atoms with Crippen LogP contribution >= 0.6 is 0 Å². The molecule has 0 saturated heterocycles. The molecule has 0 aromatic heterocycles. The van der Waals surface area contributed by atoms with Crippen LogP contribution in [-0.2, 0) is 14.3 Å². The Morgan fingerprint density at radius 3 is 2.17 bits per heavy atom. The highest BCUT2D eigenvalue weighted by Crippen LogP contribution is 2.44. The number of hydrogen-bond donors (Lipinski definition) is 3. The number of fused-ring (bicyclic) bond motifs is 3. The number of hydrogen-bond acceptors (Lipinski definition) is 4. The van der Waals surface area contributed by atoms with E-state index in [9.17, 15) is 27.6 Å². The lowest BCUT2D eigenvalue weighted by Gasteiger charge is -2.29. The van der Waals surface area contributed by atoms with Crippen molar-refractivity contribution in [3.05, 3.63) is 59.7 Å². The van der Waals surface area contributed by atoms with E-state index in [4.69, 9.17) is 9.84 Å². The molecule has 10 heteroatoms. The van der Waals surface area contributed by atoms with Gasteiger partial charge in [-0.25, -0.2) is 4.79 Å². The standard InChI is InChI=1S/C25H25F3N2O5/c26-25(27,28)21(22(31)29-15-7-5-6-14(12-15)23(32)33)30-24(34)35-13-20-18-10-3-1-8-16(18)17-9-2-4-11-19(17)20/h1-4,8-11,14-15,20-21H,5-7,12-13H2,(H,29,31)(H,30,34)(H,32,33)/t14-,15+,21?/m0/s1. The normalized spacial score (nSPS) is 20.3. The molecule has 7 nitrogen and oxygen atoms in total. The van der Waals surface area contributed by atoms with Crippen LogP contribution in [0, 0.1) is 5.92 Å². The molecule has 2 aromatic carbocycles. The van der Waals surface area contributed by atoms with Gasteiger partial charge >= 0.3 is 18.2 Å². The van der Waals surface area contributed by atoms with Gasteiger partial charge in [0.25, 0.3) is 5.91 Å². The topological polar surface area (TPSA) is 105 Å². The minimum absolute atomic E-state index is 0.0383. The summed E-state index contributed by atoms with van der Waals surface area (Å²) in [6.45, 7) is -0.199. The van der Waals surface area contributed by atoms with Crippen LogP contribution in [0.25, 0.3) is 11.1 Å². The van der Waals surface area contributed by atoms with Crippen molar-refractivity contribution >= 4 is 18.0 Å². The van der Waals surface area contributed by atoms with E-state index in [1.165, 1.54) is 0 Å². The van der Waals surface area contributed by atoms with E-state index in [1.54, 1.807) is 5.32 Å². The highest BCUT2D eigenvalue weighted by molar-refractivity contribution is 5.87. The quantitative estimate of drug-likeness (QED) is 0.563. The summed E-state index contributed by atoms with van der Waals surface area (Å²) in [6, 6.07) is 11.5. The summed E-state index contributed by atoms with van der Waals surface area (Å²) < 4.78 is 45.9. The summed E-state index contributed by atoms with van der Waals surface area (Å²) in [5.74, 6) is -3.56. The van der Waals surface area contributed by atoms with Crippen molar-refractivity contribution in [1.29, 1.82) is 0 Å². The van der Waals surface area contributed by atoms with Crippen molar-refractivity contribution in [3.8, 4) is 11.1 Å². The number of ether oxygens (including phenoxy) is 1. The Morgan fingerprint density at radius 1 is 1.00 bits per heavy atom. The van der Waals surface area contributed by atoms with Crippen molar-refractivity contribution < 1.29 is 37.4 Å². The number of carboxylic acid groups (broad SMARTS) is 1. The molecule has 2 aliphatic rings. The molecule has 0 aliphatic heterocycles. The number of amides is 2. The van der Waals surface area contributed by atoms with Crippen LogP contribution in [0.15, 0.2) is 48.5 Å². The number of carboxylic acids is 1. The minimum atomic E-state index is -5.06. The van der Waals surface area contributed by atoms with Crippen LogP contribution < -0.4 is 10.6 Å². The van der Waals surface area contributed by atoms with E-state index >= 15 is 0 Å². The van der Waals surface area contributed by atoms with Gasteiger partial charge in [0.2, 0.25) is 6.04 Å². The third kappa shape index (κ3) is 5.41. The Kier molecular flexibility index (Phi) is 7.00. The van der Waals surface area contributed by atoms with Crippen molar-refractivity contribution in [2.24, 2.45) is 5.92 Å². The largest absolute Gasteiger partial charge is 0.481 e. The molecule has 3 N–H and O–H groups in total. The SMILES string of the molecule is O=C(NC(C(=O)N[C@@H]1CCC[C@H](C(=O)O)C1)C(F)(F)F)OCC1c2ccccc2-c2ccccc21. The summed E-state index contributed by atoms with van der Waals surface area (Å²) >= 11 is 0. The van der Waals surface area contributed by atoms with Crippen molar-refractivity contribution in [2.45, 2.75) is 49.9 Å². The summed E-state index contributed by atoms with van der Waals surface area (Å²) in [5.41, 5.74) is 3.74. The monoisotopic (exact) mass is 490 g/mol.